The monoisotopic (exact) mass is 276 g/mol. The summed E-state index contributed by atoms with van der Waals surface area (Å²) in [6, 6.07) is 1.94. The van der Waals surface area contributed by atoms with E-state index in [2.05, 4.69) is 32.5 Å². The molecule has 0 aliphatic rings. The van der Waals surface area contributed by atoms with Gasteiger partial charge >= 0.3 is 0 Å². The maximum Gasteiger partial charge on any atom is 0.262 e. The molecule has 7 nitrogen and oxygen atoms in total. The predicted octanol–water partition coefficient (Wildman–Crippen LogP) is 0.972. The Kier molecular flexibility index (Phi) is 3.08. The summed E-state index contributed by atoms with van der Waals surface area (Å²) in [5.41, 5.74) is -0.0617. The molecule has 0 bridgehead atoms. The van der Waals surface area contributed by atoms with Gasteiger partial charge in [0, 0.05) is 4.88 Å². The van der Waals surface area contributed by atoms with Crippen LogP contribution >= 0.6 is 11.3 Å². The van der Waals surface area contributed by atoms with Crippen LogP contribution in [0.25, 0.3) is 10.2 Å². The lowest BCUT2D eigenvalue weighted by Crippen LogP contribution is -2.21. The number of nitrogens with zero attached hydrogens (tertiary/aromatic N) is 5. The minimum absolute atomic E-state index is 0.0617. The zero-order chi connectivity index (χ0) is 13.2. The Hall–Kier alpha value is -2.09. The van der Waals surface area contributed by atoms with Crippen molar-refractivity contribution in [1.29, 1.82) is 0 Å². The number of hydrogen-bond acceptors (Lipinski definition) is 6. The summed E-state index contributed by atoms with van der Waals surface area (Å²) < 4.78 is 1.50. The highest BCUT2D eigenvalue weighted by atomic mass is 32.1. The highest BCUT2D eigenvalue weighted by Gasteiger charge is 2.10. The molecule has 0 fully saturated rings. The summed E-state index contributed by atoms with van der Waals surface area (Å²) >= 11 is 1.58. The molecule has 0 spiro atoms. The van der Waals surface area contributed by atoms with Gasteiger partial charge in [-0.15, -0.1) is 21.5 Å². The molecule has 3 rings (SSSR count). The fourth-order valence-electron chi connectivity index (χ4n) is 1.89. The number of hydrogen-bond donors (Lipinski definition) is 1. The summed E-state index contributed by atoms with van der Waals surface area (Å²) in [6.45, 7) is 2.39. The largest absolute Gasteiger partial charge is 0.291 e. The lowest BCUT2D eigenvalue weighted by Gasteiger charge is -2.00. The number of aryl methyl sites for hydroxylation is 1. The van der Waals surface area contributed by atoms with Crippen molar-refractivity contribution < 1.29 is 0 Å². The molecule has 0 aliphatic heterocycles. The Morgan fingerprint density at radius 2 is 2.37 bits per heavy atom. The topological polar surface area (TPSA) is 89.4 Å². The lowest BCUT2D eigenvalue weighted by atomic mass is 10.2. The Bertz CT molecular complexity index is 744. The Morgan fingerprint density at radius 3 is 3.11 bits per heavy atom. The molecular formula is C11H12N6OS. The van der Waals surface area contributed by atoms with Crippen LogP contribution in [0.2, 0.25) is 0 Å². The average Bonchev–Trinajstić information content (AvgIpc) is 3.02. The smallest absolute Gasteiger partial charge is 0.262 e. The maximum atomic E-state index is 12.3. The van der Waals surface area contributed by atoms with Crippen LogP contribution in [0.4, 0.5) is 0 Å². The highest BCUT2D eigenvalue weighted by molar-refractivity contribution is 7.18. The van der Waals surface area contributed by atoms with Gasteiger partial charge in [0.15, 0.2) is 5.82 Å². The van der Waals surface area contributed by atoms with Crippen molar-refractivity contribution in [2.24, 2.45) is 0 Å². The van der Waals surface area contributed by atoms with Crippen molar-refractivity contribution in [3.05, 3.63) is 33.4 Å². The quantitative estimate of drug-likeness (QED) is 0.767. The third-order valence-corrected chi connectivity index (χ3v) is 3.87. The second-order valence-electron chi connectivity index (χ2n) is 4.19. The van der Waals surface area contributed by atoms with E-state index in [9.17, 15) is 4.79 Å². The van der Waals surface area contributed by atoms with Crippen molar-refractivity contribution in [1.82, 2.24) is 30.2 Å². The molecule has 0 radical (unpaired) electrons. The van der Waals surface area contributed by atoms with Crippen molar-refractivity contribution in [2.75, 3.05) is 0 Å². The summed E-state index contributed by atoms with van der Waals surface area (Å²) in [6.07, 6.45) is 3.57. The normalized spacial score (nSPS) is 11.2. The van der Waals surface area contributed by atoms with Crippen LogP contribution in [-0.2, 0) is 13.0 Å². The van der Waals surface area contributed by atoms with Crippen molar-refractivity contribution >= 4 is 21.6 Å². The first-order valence-corrected chi connectivity index (χ1v) is 6.79. The van der Waals surface area contributed by atoms with Gasteiger partial charge in [-0.2, -0.15) is 5.21 Å². The summed E-state index contributed by atoms with van der Waals surface area (Å²) in [7, 11) is 0. The Labute approximate surface area is 112 Å². The fraction of sp³-hybridized carbons (Fsp3) is 0.364. The number of thiophene rings is 1. The third kappa shape index (κ3) is 2.26. The van der Waals surface area contributed by atoms with Gasteiger partial charge in [0.05, 0.1) is 18.3 Å². The van der Waals surface area contributed by atoms with Crippen molar-refractivity contribution in [3.8, 4) is 0 Å². The molecule has 3 aromatic rings. The van der Waals surface area contributed by atoms with E-state index in [1.807, 2.05) is 6.07 Å². The van der Waals surface area contributed by atoms with Crippen LogP contribution in [0.3, 0.4) is 0 Å². The molecule has 1 N–H and O–H groups in total. The Morgan fingerprint density at radius 1 is 1.47 bits per heavy atom. The van der Waals surface area contributed by atoms with Crippen LogP contribution < -0.4 is 5.56 Å². The second kappa shape index (κ2) is 4.88. The van der Waals surface area contributed by atoms with E-state index in [0.717, 1.165) is 17.7 Å². The van der Waals surface area contributed by atoms with Crippen LogP contribution in [-0.4, -0.2) is 30.2 Å². The first kappa shape index (κ1) is 12.0. The molecule has 0 saturated heterocycles. The van der Waals surface area contributed by atoms with Gasteiger partial charge in [-0.3, -0.25) is 9.36 Å². The molecule has 3 aromatic heterocycles. The van der Waals surface area contributed by atoms with Gasteiger partial charge in [0.25, 0.3) is 5.56 Å². The zero-order valence-corrected chi connectivity index (χ0v) is 11.1. The van der Waals surface area contributed by atoms with E-state index in [-0.39, 0.29) is 12.1 Å². The number of rotatable bonds is 4. The number of fused-ring (bicyclic) bond motifs is 1. The van der Waals surface area contributed by atoms with Gasteiger partial charge in [-0.1, -0.05) is 18.6 Å². The molecule has 3 heterocycles. The number of aromatic amines is 1. The first-order chi connectivity index (χ1) is 9.28. The molecule has 0 unspecified atom stereocenters. The second-order valence-corrected chi connectivity index (χ2v) is 5.30. The van der Waals surface area contributed by atoms with E-state index in [1.54, 1.807) is 11.3 Å². The van der Waals surface area contributed by atoms with Gasteiger partial charge in [-0.05, 0) is 12.5 Å². The van der Waals surface area contributed by atoms with Crippen molar-refractivity contribution in [3.63, 3.8) is 0 Å². The minimum Gasteiger partial charge on any atom is -0.291 e. The van der Waals surface area contributed by atoms with Crippen molar-refractivity contribution in [2.45, 2.75) is 26.3 Å². The maximum absolute atomic E-state index is 12.3. The Balaban J connectivity index is 2.02. The van der Waals surface area contributed by atoms with E-state index in [1.165, 1.54) is 15.8 Å². The van der Waals surface area contributed by atoms with E-state index in [0.29, 0.717) is 11.2 Å². The van der Waals surface area contributed by atoms with Crippen LogP contribution in [0.15, 0.2) is 17.2 Å². The molecule has 0 saturated carbocycles. The lowest BCUT2D eigenvalue weighted by molar-refractivity contribution is 0.709. The first-order valence-electron chi connectivity index (χ1n) is 5.98. The van der Waals surface area contributed by atoms with E-state index in [4.69, 9.17) is 0 Å². The van der Waals surface area contributed by atoms with Gasteiger partial charge in [0.2, 0.25) is 0 Å². The zero-order valence-electron chi connectivity index (χ0n) is 10.3. The van der Waals surface area contributed by atoms with Crippen LogP contribution in [0, 0.1) is 0 Å². The molecule has 19 heavy (non-hydrogen) atoms. The number of H-pyrrole nitrogens is 1. The fourth-order valence-corrected chi connectivity index (χ4v) is 2.98. The minimum atomic E-state index is -0.0617. The average molecular weight is 276 g/mol. The number of tetrazole rings is 1. The SMILES string of the molecule is CCCc1cc2c(=O)n(Cc3nn[nH]n3)cnc2s1. The van der Waals surface area contributed by atoms with Crippen LogP contribution in [0.1, 0.15) is 24.0 Å². The highest BCUT2D eigenvalue weighted by Crippen LogP contribution is 2.21. The molecule has 0 amide bonds. The predicted molar refractivity (Wildman–Crippen MR) is 71.2 cm³/mol. The van der Waals surface area contributed by atoms with E-state index >= 15 is 0 Å². The molecule has 0 aliphatic carbocycles. The molecule has 8 heteroatoms. The van der Waals surface area contributed by atoms with Gasteiger partial charge in [0.1, 0.15) is 4.83 Å². The van der Waals surface area contributed by atoms with Gasteiger partial charge in [-0.25, -0.2) is 4.98 Å². The summed E-state index contributed by atoms with van der Waals surface area (Å²) in [4.78, 5) is 18.6. The molecule has 0 aromatic carbocycles. The summed E-state index contributed by atoms with van der Waals surface area (Å²) in [5, 5.41) is 14.2. The summed E-state index contributed by atoms with van der Waals surface area (Å²) in [5.74, 6) is 0.465. The molecular weight excluding hydrogens is 264 g/mol. The molecule has 0 atom stereocenters. The number of aromatic nitrogens is 6. The number of nitrogens with one attached hydrogen (secondary N) is 1. The van der Waals surface area contributed by atoms with E-state index < -0.39 is 0 Å². The van der Waals surface area contributed by atoms with Gasteiger partial charge < -0.3 is 0 Å². The van der Waals surface area contributed by atoms with Crippen LogP contribution in [0.5, 0.6) is 0 Å². The third-order valence-electron chi connectivity index (χ3n) is 2.77. The molecule has 98 valence electrons. The standard InChI is InChI=1S/C11H12N6OS/c1-2-3-7-4-8-10(19-7)12-6-17(11(8)18)5-9-13-15-16-14-9/h4,6H,2-3,5H2,1H3,(H,13,14,15,16).